The molecule has 35 heavy (non-hydrogen) atoms. The summed E-state index contributed by atoms with van der Waals surface area (Å²) in [6.45, 7) is 4.49. The van der Waals surface area contributed by atoms with Crippen LogP contribution in [-0.4, -0.2) is 13.1 Å². The molecular weight excluding hydrogens is 430 g/mol. The van der Waals surface area contributed by atoms with Gasteiger partial charge in [0.1, 0.15) is 0 Å². The SMILES string of the molecule is COC(=O)[C@]1(C)CCC[C@]2(C)c3ccc(Nc4ccc(/C=C/c5ccccc5)cc4)cc3CCC12. The summed E-state index contributed by atoms with van der Waals surface area (Å²) in [6.07, 6.45) is 9.41. The lowest BCUT2D eigenvalue weighted by Crippen LogP contribution is -2.52. The highest BCUT2D eigenvalue weighted by Crippen LogP contribution is 2.57. The first-order valence-electron chi connectivity index (χ1n) is 12.7. The van der Waals surface area contributed by atoms with Gasteiger partial charge in [0.2, 0.25) is 0 Å². The first kappa shape index (κ1) is 23.4. The second kappa shape index (κ2) is 9.37. The molecule has 3 atom stereocenters. The Labute approximate surface area is 209 Å². The number of hydrogen-bond donors (Lipinski definition) is 1. The van der Waals surface area contributed by atoms with Gasteiger partial charge in [0.05, 0.1) is 12.5 Å². The Kier molecular flexibility index (Phi) is 6.27. The van der Waals surface area contributed by atoms with Crippen LogP contribution in [0, 0.1) is 11.3 Å². The molecule has 2 aliphatic rings. The summed E-state index contributed by atoms with van der Waals surface area (Å²) in [6, 6.07) is 25.7. The van der Waals surface area contributed by atoms with Crippen LogP contribution in [0.25, 0.3) is 12.2 Å². The maximum Gasteiger partial charge on any atom is 0.311 e. The van der Waals surface area contributed by atoms with Crippen molar-refractivity contribution in [2.45, 2.75) is 51.4 Å². The van der Waals surface area contributed by atoms with E-state index in [1.165, 1.54) is 29.4 Å². The van der Waals surface area contributed by atoms with Gasteiger partial charge in [-0.1, -0.05) is 74.0 Å². The minimum atomic E-state index is -0.396. The third-order valence-electron chi connectivity index (χ3n) is 8.47. The van der Waals surface area contributed by atoms with E-state index in [1.54, 1.807) is 0 Å². The minimum Gasteiger partial charge on any atom is -0.469 e. The van der Waals surface area contributed by atoms with Gasteiger partial charge in [0, 0.05) is 11.4 Å². The number of aryl methyl sites for hydroxylation is 1. The van der Waals surface area contributed by atoms with Gasteiger partial charge in [0.15, 0.2) is 0 Å². The molecule has 0 spiro atoms. The number of anilines is 2. The van der Waals surface area contributed by atoms with E-state index in [1.807, 2.05) is 6.07 Å². The number of methoxy groups -OCH3 is 1. The zero-order valence-electron chi connectivity index (χ0n) is 21.0. The highest BCUT2D eigenvalue weighted by molar-refractivity contribution is 5.77. The molecule has 5 rings (SSSR count). The Morgan fingerprint density at radius 3 is 2.31 bits per heavy atom. The number of hydrogen-bond acceptors (Lipinski definition) is 3. The topological polar surface area (TPSA) is 38.3 Å². The van der Waals surface area contributed by atoms with Gasteiger partial charge in [-0.2, -0.15) is 0 Å². The van der Waals surface area contributed by atoms with E-state index in [0.29, 0.717) is 5.92 Å². The fourth-order valence-electron chi connectivity index (χ4n) is 6.65. The van der Waals surface area contributed by atoms with E-state index < -0.39 is 5.41 Å². The molecule has 1 saturated carbocycles. The van der Waals surface area contributed by atoms with Crippen molar-refractivity contribution in [1.82, 2.24) is 0 Å². The largest absolute Gasteiger partial charge is 0.469 e. The van der Waals surface area contributed by atoms with Crippen LogP contribution in [0.3, 0.4) is 0 Å². The molecule has 3 aromatic rings. The normalized spacial score (nSPS) is 25.5. The van der Waals surface area contributed by atoms with E-state index in [0.717, 1.165) is 43.5 Å². The third kappa shape index (κ3) is 4.40. The number of esters is 1. The summed E-state index contributed by atoms with van der Waals surface area (Å²) in [5.41, 5.74) is 7.01. The second-order valence-corrected chi connectivity index (χ2v) is 10.6. The molecule has 3 nitrogen and oxygen atoms in total. The zero-order valence-corrected chi connectivity index (χ0v) is 21.0. The first-order chi connectivity index (χ1) is 16.9. The number of nitrogens with one attached hydrogen (secondary N) is 1. The summed E-state index contributed by atoms with van der Waals surface area (Å²) in [4.78, 5) is 12.8. The van der Waals surface area contributed by atoms with E-state index >= 15 is 0 Å². The maximum atomic E-state index is 12.8. The number of fused-ring (bicyclic) bond motifs is 3. The second-order valence-electron chi connectivity index (χ2n) is 10.6. The Balaban J connectivity index is 1.33. The van der Waals surface area contributed by atoms with Crippen molar-refractivity contribution in [3.63, 3.8) is 0 Å². The van der Waals surface area contributed by atoms with Gasteiger partial charge in [-0.05, 0) is 90.5 Å². The van der Waals surface area contributed by atoms with Crippen LogP contribution in [0.4, 0.5) is 11.4 Å². The van der Waals surface area contributed by atoms with Crippen LogP contribution in [0.15, 0.2) is 72.8 Å². The fourth-order valence-corrected chi connectivity index (χ4v) is 6.65. The van der Waals surface area contributed by atoms with Gasteiger partial charge in [-0.25, -0.2) is 0 Å². The molecule has 0 amide bonds. The van der Waals surface area contributed by atoms with E-state index in [-0.39, 0.29) is 11.4 Å². The summed E-state index contributed by atoms with van der Waals surface area (Å²) in [7, 11) is 1.53. The molecule has 1 N–H and O–H groups in total. The lowest BCUT2D eigenvalue weighted by molar-refractivity contribution is -0.161. The fraction of sp³-hybridized carbons (Fsp3) is 0.344. The first-order valence-corrected chi connectivity index (χ1v) is 12.7. The molecule has 0 bridgehead atoms. The Bertz CT molecular complexity index is 1230. The van der Waals surface area contributed by atoms with Gasteiger partial charge in [-0.15, -0.1) is 0 Å². The molecule has 180 valence electrons. The third-order valence-corrected chi connectivity index (χ3v) is 8.47. The van der Waals surface area contributed by atoms with Crippen molar-refractivity contribution in [3.05, 3.63) is 95.1 Å². The highest BCUT2D eigenvalue weighted by Gasteiger charge is 2.55. The summed E-state index contributed by atoms with van der Waals surface area (Å²) in [5.74, 6) is 0.274. The Hall–Kier alpha value is -3.33. The smallest absolute Gasteiger partial charge is 0.311 e. The van der Waals surface area contributed by atoms with Crippen molar-refractivity contribution in [1.29, 1.82) is 0 Å². The van der Waals surface area contributed by atoms with Crippen molar-refractivity contribution >= 4 is 29.5 Å². The van der Waals surface area contributed by atoms with Crippen LogP contribution < -0.4 is 5.32 Å². The molecule has 0 saturated heterocycles. The number of carbonyl (C=O) groups is 1. The highest BCUT2D eigenvalue weighted by atomic mass is 16.5. The van der Waals surface area contributed by atoms with E-state index in [2.05, 4.69) is 98.0 Å². The lowest BCUT2D eigenvalue weighted by Gasteiger charge is -2.54. The quantitative estimate of drug-likeness (QED) is 0.309. The molecule has 0 heterocycles. The maximum absolute atomic E-state index is 12.8. The number of ether oxygens (including phenoxy) is 1. The molecule has 0 radical (unpaired) electrons. The molecule has 0 aliphatic heterocycles. The van der Waals surface area contributed by atoms with Crippen molar-refractivity contribution < 1.29 is 9.53 Å². The lowest BCUT2D eigenvalue weighted by atomic mass is 9.50. The molecule has 2 aliphatic carbocycles. The number of carbonyl (C=O) groups excluding carboxylic acids is 1. The molecule has 0 aromatic heterocycles. The Morgan fingerprint density at radius 2 is 1.60 bits per heavy atom. The molecule has 1 unspecified atom stereocenters. The van der Waals surface area contributed by atoms with Crippen LogP contribution in [0.5, 0.6) is 0 Å². The summed E-state index contributed by atoms with van der Waals surface area (Å²) in [5, 5.41) is 3.58. The average Bonchev–Trinajstić information content (AvgIpc) is 2.88. The van der Waals surface area contributed by atoms with E-state index in [4.69, 9.17) is 4.74 Å². The molecule has 3 heteroatoms. The Morgan fingerprint density at radius 1 is 0.914 bits per heavy atom. The monoisotopic (exact) mass is 465 g/mol. The number of rotatable bonds is 5. The zero-order chi connectivity index (χ0) is 24.5. The molecular formula is C32H35NO2. The van der Waals surface area contributed by atoms with Crippen LogP contribution in [-0.2, 0) is 21.4 Å². The van der Waals surface area contributed by atoms with Gasteiger partial charge in [-0.3, -0.25) is 4.79 Å². The van der Waals surface area contributed by atoms with Crippen LogP contribution >= 0.6 is 0 Å². The standard InChI is InChI=1S/C32H35NO2/c1-31-20-7-21-32(2,30(34)35-3)29(31)19-14-25-22-27(17-18-28(25)31)33-26-15-12-24(13-16-26)11-10-23-8-5-4-6-9-23/h4-6,8-13,15-18,22,29,33H,7,14,19-21H2,1-3H3/b11-10+/t29?,31-,32-/m1/s1. The van der Waals surface area contributed by atoms with Crippen molar-refractivity contribution in [2.24, 2.45) is 11.3 Å². The molecule has 3 aromatic carbocycles. The summed E-state index contributed by atoms with van der Waals surface area (Å²) >= 11 is 0. The van der Waals surface area contributed by atoms with E-state index in [9.17, 15) is 4.79 Å². The van der Waals surface area contributed by atoms with Gasteiger partial charge >= 0.3 is 5.97 Å². The van der Waals surface area contributed by atoms with Crippen LogP contribution in [0.1, 0.15) is 61.8 Å². The van der Waals surface area contributed by atoms with Gasteiger partial charge in [0.25, 0.3) is 0 Å². The minimum absolute atomic E-state index is 0.0139. The average molecular weight is 466 g/mol. The number of benzene rings is 3. The predicted octanol–water partition coefficient (Wildman–Crippen LogP) is 7.78. The van der Waals surface area contributed by atoms with Crippen molar-refractivity contribution in [2.75, 3.05) is 12.4 Å². The molecule has 1 fully saturated rings. The van der Waals surface area contributed by atoms with Crippen molar-refractivity contribution in [3.8, 4) is 0 Å². The summed E-state index contributed by atoms with van der Waals surface area (Å²) < 4.78 is 5.25. The predicted molar refractivity (Wildman–Crippen MR) is 145 cm³/mol. The van der Waals surface area contributed by atoms with Gasteiger partial charge < -0.3 is 10.1 Å². The van der Waals surface area contributed by atoms with Crippen LogP contribution in [0.2, 0.25) is 0 Å².